The number of nitrogens with zero attached hydrogens (tertiary/aromatic N) is 2. The summed E-state index contributed by atoms with van der Waals surface area (Å²) < 4.78 is 39.0. The van der Waals surface area contributed by atoms with Gasteiger partial charge in [-0.3, -0.25) is 4.68 Å². The van der Waals surface area contributed by atoms with Crippen LogP contribution in [0.3, 0.4) is 0 Å². The molecule has 1 aromatic heterocycles. The van der Waals surface area contributed by atoms with E-state index in [1.165, 1.54) is 0 Å². The molecular formula is C12H12F3N3. The Morgan fingerprint density at radius 3 is 2.39 bits per heavy atom. The van der Waals surface area contributed by atoms with E-state index in [-0.39, 0.29) is 12.4 Å². The lowest BCUT2D eigenvalue weighted by atomic mass is 10.1. The van der Waals surface area contributed by atoms with E-state index in [0.717, 1.165) is 21.9 Å². The number of hydrogen-bond acceptors (Lipinski definition) is 2. The Balaban J connectivity index is 2.31. The molecule has 2 aromatic rings. The quantitative estimate of drug-likeness (QED) is 0.896. The van der Waals surface area contributed by atoms with Crippen molar-refractivity contribution < 1.29 is 13.2 Å². The summed E-state index contributed by atoms with van der Waals surface area (Å²) in [5.41, 5.74) is 6.28. The maximum absolute atomic E-state index is 12.7. The van der Waals surface area contributed by atoms with Gasteiger partial charge < -0.3 is 5.73 Å². The predicted octanol–water partition coefficient (Wildman–Crippen LogP) is 2.84. The second-order valence-electron chi connectivity index (χ2n) is 4.10. The average Bonchev–Trinajstić information content (AvgIpc) is 2.63. The molecule has 3 nitrogen and oxygen atoms in total. The molecule has 2 N–H and O–H groups in total. The molecule has 0 spiro atoms. The molecule has 1 heterocycles. The minimum atomic E-state index is -4.45. The normalized spacial score (nSPS) is 11.8. The van der Waals surface area contributed by atoms with Crippen LogP contribution in [0.5, 0.6) is 0 Å². The molecule has 0 saturated heterocycles. The molecule has 18 heavy (non-hydrogen) atoms. The fraction of sp³-hybridized carbons (Fsp3) is 0.250. The Bertz CT molecular complexity index is 541. The molecule has 0 aliphatic heterocycles. The van der Waals surface area contributed by atoms with E-state index in [9.17, 15) is 13.2 Å². The molecule has 0 amide bonds. The van der Waals surface area contributed by atoms with E-state index in [1.54, 1.807) is 12.1 Å². The van der Waals surface area contributed by atoms with Gasteiger partial charge in [-0.2, -0.15) is 18.3 Å². The molecule has 6 heteroatoms. The Labute approximate surface area is 102 Å². The summed E-state index contributed by atoms with van der Waals surface area (Å²) in [5.74, 6) is -0.130. The fourth-order valence-corrected chi connectivity index (χ4v) is 1.65. The first-order valence-electron chi connectivity index (χ1n) is 5.32. The largest absolute Gasteiger partial charge is 0.433 e. The van der Waals surface area contributed by atoms with Gasteiger partial charge in [-0.05, 0) is 12.5 Å². The van der Waals surface area contributed by atoms with Crippen LogP contribution in [0, 0.1) is 6.92 Å². The molecule has 2 rings (SSSR count). The third-order valence-corrected chi connectivity index (χ3v) is 2.54. The van der Waals surface area contributed by atoms with Crippen LogP contribution in [-0.4, -0.2) is 9.78 Å². The maximum Gasteiger partial charge on any atom is 0.433 e. The van der Waals surface area contributed by atoms with Crippen molar-refractivity contribution in [3.8, 4) is 0 Å². The maximum atomic E-state index is 12.7. The molecule has 0 radical (unpaired) electrons. The van der Waals surface area contributed by atoms with E-state index in [2.05, 4.69) is 5.10 Å². The van der Waals surface area contributed by atoms with Gasteiger partial charge >= 0.3 is 6.18 Å². The van der Waals surface area contributed by atoms with E-state index in [0.29, 0.717) is 0 Å². The van der Waals surface area contributed by atoms with Crippen molar-refractivity contribution in [2.75, 3.05) is 5.73 Å². The van der Waals surface area contributed by atoms with Gasteiger partial charge in [-0.15, -0.1) is 0 Å². The number of alkyl halides is 3. The molecule has 96 valence electrons. The van der Waals surface area contributed by atoms with Gasteiger partial charge in [0.15, 0.2) is 0 Å². The van der Waals surface area contributed by atoms with E-state index in [4.69, 9.17) is 5.73 Å². The van der Waals surface area contributed by atoms with Crippen molar-refractivity contribution in [2.45, 2.75) is 19.6 Å². The lowest BCUT2D eigenvalue weighted by molar-refractivity contribution is -0.144. The van der Waals surface area contributed by atoms with Gasteiger partial charge in [0.1, 0.15) is 11.5 Å². The number of nitrogens with two attached hydrogens (primary N) is 1. The minimum absolute atomic E-state index is 0.0479. The fourth-order valence-electron chi connectivity index (χ4n) is 1.65. The molecule has 0 saturated carbocycles. The van der Waals surface area contributed by atoms with Crippen LogP contribution < -0.4 is 5.73 Å². The summed E-state index contributed by atoms with van der Waals surface area (Å²) in [6.07, 6.45) is -4.45. The van der Waals surface area contributed by atoms with Crippen molar-refractivity contribution in [1.82, 2.24) is 9.78 Å². The molecule has 0 atom stereocenters. The molecule has 1 aromatic carbocycles. The van der Waals surface area contributed by atoms with Crippen molar-refractivity contribution in [2.24, 2.45) is 0 Å². The topological polar surface area (TPSA) is 43.8 Å². The SMILES string of the molecule is Cc1ccc(Cn2nc(N)cc2C(F)(F)F)cc1. The van der Waals surface area contributed by atoms with Crippen LogP contribution in [0.4, 0.5) is 19.0 Å². The van der Waals surface area contributed by atoms with Crippen LogP contribution in [-0.2, 0) is 12.7 Å². The van der Waals surface area contributed by atoms with Crippen molar-refractivity contribution in [1.29, 1.82) is 0 Å². The minimum Gasteiger partial charge on any atom is -0.382 e. The molecule has 0 aliphatic rings. The Morgan fingerprint density at radius 2 is 1.83 bits per heavy atom. The Morgan fingerprint density at radius 1 is 1.22 bits per heavy atom. The van der Waals surface area contributed by atoms with Gasteiger partial charge in [0, 0.05) is 6.07 Å². The predicted molar refractivity (Wildman–Crippen MR) is 61.9 cm³/mol. The third kappa shape index (κ3) is 2.64. The van der Waals surface area contributed by atoms with Gasteiger partial charge in [0.2, 0.25) is 0 Å². The summed E-state index contributed by atoms with van der Waals surface area (Å²) in [6, 6.07) is 8.07. The number of hydrogen-bond donors (Lipinski definition) is 1. The van der Waals surface area contributed by atoms with E-state index >= 15 is 0 Å². The number of rotatable bonds is 2. The van der Waals surface area contributed by atoms with Gasteiger partial charge in [-0.25, -0.2) is 0 Å². The molecule has 0 unspecified atom stereocenters. The highest BCUT2D eigenvalue weighted by molar-refractivity contribution is 5.32. The lowest BCUT2D eigenvalue weighted by Crippen LogP contribution is -2.15. The standard InChI is InChI=1S/C12H12F3N3/c1-8-2-4-9(5-3-8)7-18-10(12(13,14)15)6-11(16)17-18/h2-6H,7H2,1H3,(H2,16,17). The first kappa shape index (κ1) is 12.5. The lowest BCUT2D eigenvalue weighted by Gasteiger charge is -2.10. The number of nitrogen functional groups attached to an aromatic ring is 1. The smallest absolute Gasteiger partial charge is 0.382 e. The summed E-state index contributed by atoms with van der Waals surface area (Å²) >= 11 is 0. The van der Waals surface area contributed by atoms with E-state index in [1.807, 2.05) is 19.1 Å². The second-order valence-corrected chi connectivity index (χ2v) is 4.10. The zero-order chi connectivity index (χ0) is 13.3. The van der Waals surface area contributed by atoms with Gasteiger partial charge in [0.25, 0.3) is 0 Å². The second kappa shape index (κ2) is 4.36. The first-order chi connectivity index (χ1) is 8.36. The van der Waals surface area contributed by atoms with Crippen LogP contribution in [0.2, 0.25) is 0 Å². The van der Waals surface area contributed by atoms with Gasteiger partial charge in [-0.1, -0.05) is 29.8 Å². The van der Waals surface area contributed by atoms with Crippen LogP contribution in [0.15, 0.2) is 30.3 Å². The van der Waals surface area contributed by atoms with Crippen LogP contribution in [0.1, 0.15) is 16.8 Å². The number of halogens is 3. The van der Waals surface area contributed by atoms with Crippen molar-refractivity contribution in [3.63, 3.8) is 0 Å². The Hall–Kier alpha value is -1.98. The summed E-state index contributed by atoms with van der Waals surface area (Å²) in [7, 11) is 0. The van der Waals surface area contributed by atoms with Crippen LogP contribution >= 0.6 is 0 Å². The van der Waals surface area contributed by atoms with E-state index < -0.39 is 11.9 Å². The first-order valence-corrected chi connectivity index (χ1v) is 5.32. The number of anilines is 1. The molecule has 0 fully saturated rings. The molecular weight excluding hydrogens is 243 g/mol. The highest BCUT2D eigenvalue weighted by Gasteiger charge is 2.35. The highest BCUT2D eigenvalue weighted by atomic mass is 19.4. The van der Waals surface area contributed by atoms with Crippen molar-refractivity contribution in [3.05, 3.63) is 47.2 Å². The zero-order valence-corrected chi connectivity index (χ0v) is 9.70. The zero-order valence-electron chi connectivity index (χ0n) is 9.70. The average molecular weight is 255 g/mol. The van der Waals surface area contributed by atoms with Gasteiger partial charge in [0.05, 0.1) is 6.54 Å². The number of benzene rings is 1. The monoisotopic (exact) mass is 255 g/mol. The number of aryl methyl sites for hydroxylation is 1. The number of aromatic nitrogens is 2. The third-order valence-electron chi connectivity index (χ3n) is 2.54. The summed E-state index contributed by atoms with van der Waals surface area (Å²) in [4.78, 5) is 0. The summed E-state index contributed by atoms with van der Waals surface area (Å²) in [6.45, 7) is 1.96. The van der Waals surface area contributed by atoms with Crippen LogP contribution in [0.25, 0.3) is 0 Å². The highest BCUT2D eigenvalue weighted by Crippen LogP contribution is 2.30. The Kier molecular flexibility index (Phi) is 3.02. The van der Waals surface area contributed by atoms with Crippen molar-refractivity contribution >= 4 is 5.82 Å². The molecule has 0 aliphatic carbocycles. The summed E-state index contributed by atoms with van der Waals surface area (Å²) in [5, 5.41) is 3.67. The molecule has 0 bridgehead atoms.